The molecule has 1 aromatic carbocycles. The Bertz CT molecular complexity index is 698. The summed E-state index contributed by atoms with van der Waals surface area (Å²) in [7, 11) is 0. The molecule has 126 valence electrons. The minimum Gasteiger partial charge on any atom is -0.348 e. The molecule has 3 N–H and O–H groups in total. The van der Waals surface area contributed by atoms with Gasteiger partial charge in [-0.3, -0.25) is 9.59 Å². The van der Waals surface area contributed by atoms with Gasteiger partial charge in [0, 0.05) is 24.3 Å². The maximum atomic E-state index is 11.9. The summed E-state index contributed by atoms with van der Waals surface area (Å²) in [6, 6.07) is 7.29. The first-order valence-corrected chi connectivity index (χ1v) is 7.75. The first kappa shape index (κ1) is 17.4. The van der Waals surface area contributed by atoms with Crippen molar-refractivity contribution in [3.63, 3.8) is 0 Å². The van der Waals surface area contributed by atoms with Gasteiger partial charge in [-0.1, -0.05) is 6.92 Å². The van der Waals surface area contributed by atoms with Crippen molar-refractivity contribution in [2.45, 2.75) is 33.2 Å². The van der Waals surface area contributed by atoms with Crippen molar-refractivity contribution in [1.82, 2.24) is 15.3 Å². The van der Waals surface area contributed by atoms with Crippen LogP contribution in [0.3, 0.4) is 0 Å². The SMILES string of the molecule is CCC(C)NC(=O)c1cnc(Nc2ccc(NC(C)=O)cc2)cn1. The molecule has 1 aromatic heterocycles. The van der Waals surface area contributed by atoms with Crippen molar-refractivity contribution in [3.8, 4) is 0 Å². The van der Waals surface area contributed by atoms with Crippen LogP contribution in [0.4, 0.5) is 17.2 Å². The molecule has 2 amide bonds. The Kier molecular flexibility index (Phi) is 5.83. The molecule has 24 heavy (non-hydrogen) atoms. The van der Waals surface area contributed by atoms with E-state index in [9.17, 15) is 9.59 Å². The van der Waals surface area contributed by atoms with Crippen LogP contribution in [0.2, 0.25) is 0 Å². The summed E-state index contributed by atoms with van der Waals surface area (Å²) in [5.41, 5.74) is 1.80. The highest BCUT2D eigenvalue weighted by Crippen LogP contribution is 2.17. The number of anilines is 3. The zero-order chi connectivity index (χ0) is 17.5. The number of hydrogen-bond donors (Lipinski definition) is 3. The zero-order valence-corrected chi connectivity index (χ0v) is 14.0. The average Bonchev–Trinajstić information content (AvgIpc) is 2.56. The van der Waals surface area contributed by atoms with E-state index in [1.807, 2.05) is 26.0 Å². The first-order chi connectivity index (χ1) is 11.5. The van der Waals surface area contributed by atoms with Crippen LogP contribution in [0.5, 0.6) is 0 Å². The van der Waals surface area contributed by atoms with Crippen molar-refractivity contribution in [1.29, 1.82) is 0 Å². The number of carbonyl (C=O) groups excluding carboxylic acids is 2. The molecule has 0 aliphatic rings. The third-order valence-corrected chi connectivity index (χ3v) is 3.35. The molecule has 7 heteroatoms. The van der Waals surface area contributed by atoms with Crippen molar-refractivity contribution in [2.75, 3.05) is 10.6 Å². The Morgan fingerprint density at radius 1 is 1.08 bits per heavy atom. The molecule has 0 bridgehead atoms. The van der Waals surface area contributed by atoms with Gasteiger partial charge in [-0.05, 0) is 37.6 Å². The summed E-state index contributed by atoms with van der Waals surface area (Å²) < 4.78 is 0. The second-order valence-corrected chi connectivity index (χ2v) is 5.45. The van der Waals surface area contributed by atoms with Gasteiger partial charge in [0.25, 0.3) is 5.91 Å². The van der Waals surface area contributed by atoms with Gasteiger partial charge in [0.1, 0.15) is 11.5 Å². The van der Waals surface area contributed by atoms with Crippen LogP contribution >= 0.6 is 0 Å². The Hall–Kier alpha value is -2.96. The first-order valence-electron chi connectivity index (χ1n) is 7.75. The van der Waals surface area contributed by atoms with Gasteiger partial charge >= 0.3 is 0 Å². The fraction of sp³-hybridized carbons (Fsp3) is 0.294. The van der Waals surface area contributed by atoms with E-state index in [1.54, 1.807) is 12.1 Å². The lowest BCUT2D eigenvalue weighted by Crippen LogP contribution is -2.32. The topological polar surface area (TPSA) is 96.0 Å². The number of aromatic nitrogens is 2. The van der Waals surface area contributed by atoms with E-state index < -0.39 is 0 Å². The van der Waals surface area contributed by atoms with E-state index in [4.69, 9.17) is 0 Å². The number of hydrogen-bond acceptors (Lipinski definition) is 5. The highest BCUT2D eigenvalue weighted by atomic mass is 16.2. The predicted octanol–water partition coefficient (Wildman–Crippen LogP) is 2.71. The molecule has 0 spiro atoms. The van der Waals surface area contributed by atoms with Crippen molar-refractivity contribution < 1.29 is 9.59 Å². The smallest absolute Gasteiger partial charge is 0.271 e. The average molecular weight is 327 g/mol. The predicted molar refractivity (Wildman–Crippen MR) is 93.3 cm³/mol. The van der Waals surface area contributed by atoms with Crippen LogP contribution in [-0.4, -0.2) is 27.8 Å². The van der Waals surface area contributed by atoms with E-state index in [0.717, 1.165) is 17.8 Å². The molecule has 1 heterocycles. The van der Waals surface area contributed by atoms with E-state index >= 15 is 0 Å². The lowest BCUT2D eigenvalue weighted by atomic mass is 10.2. The van der Waals surface area contributed by atoms with Crippen LogP contribution < -0.4 is 16.0 Å². The summed E-state index contributed by atoms with van der Waals surface area (Å²) >= 11 is 0. The van der Waals surface area contributed by atoms with Gasteiger partial charge in [-0.15, -0.1) is 0 Å². The van der Waals surface area contributed by atoms with Crippen molar-refractivity contribution in [2.24, 2.45) is 0 Å². The summed E-state index contributed by atoms with van der Waals surface area (Å²) in [5.74, 6) is 0.179. The van der Waals surface area contributed by atoms with Gasteiger partial charge in [0.15, 0.2) is 0 Å². The largest absolute Gasteiger partial charge is 0.348 e. The fourth-order valence-electron chi connectivity index (χ4n) is 1.90. The van der Waals surface area contributed by atoms with Crippen LogP contribution in [0.1, 0.15) is 37.7 Å². The Labute approximate surface area is 140 Å². The van der Waals surface area contributed by atoms with Crippen LogP contribution in [0.25, 0.3) is 0 Å². The highest BCUT2D eigenvalue weighted by molar-refractivity contribution is 5.92. The molecule has 0 radical (unpaired) electrons. The molecule has 2 rings (SSSR count). The van der Waals surface area contributed by atoms with Crippen LogP contribution in [0.15, 0.2) is 36.7 Å². The summed E-state index contributed by atoms with van der Waals surface area (Å²) in [4.78, 5) is 31.2. The molecule has 0 saturated carbocycles. The molecule has 1 unspecified atom stereocenters. The minimum absolute atomic E-state index is 0.0965. The van der Waals surface area contributed by atoms with Gasteiger partial charge in [0.2, 0.25) is 5.91 Å². The standard InChI is InChI=1S/C17H21N5O2/c1-4-11(2)20-17(24)15-9-19-16(10-18-15)22-14-7-5-13(6-8-14)21-12(3)23/h5-11H,4H2,1-3H3,(H,19,22)(H,20,24)(H,21,23). The van der Waals surface area contributed by atoms with Crippen LogP contribution in [-0.2, 0) is 4.79 Å². The molecule has 0 aliphatic heterocycles. The Balaban J connectivity index is 1.98. The molecule has 1 atom stereocenters. The monoisotopic (exact) mass is 327 g/mol. The van der Waals surface area contributed by atoms with E-state index in [2.05, 4.69) is 25.9 Å². The highest BCUT2D eigenvalue weighted by Gasteiger charge is 2.10. The third kappa shape index (κ3) is 5.05. The second kappa shape index (κ2) is 8.05. The normalized spacial score (nSPS) is 11.5. The van der Waals surface area contributed by atoms with Gasteiger partial charge in [-0.25, -0.2) is 9.97 Å². The number of benzene rings is 1. The summed E-state index contributed by atoms with van der Waals surface area (Å²) in [6.45, 7) is 5.40. The molecule has 0 saturated heterocycles. The molecule has 7 nitrogen and oxygen atoms in total. The zero-order valence-electron chi connectivity index (χ0n) is 14.0. The lowest BCUT2D eigenvalue weighted by molar-refractivity contribution is -0.114. The number of rotatable bonds is 6. The molecular formula is C17H21N5O2. The number of nitrogens with one attached hydrogen (secondary N) is 3. The lowest BCUT2D eigenvalue weighted by Gasteiger charge is -2.11. The molecule has 0 fully saturated rings. The second-order valence-electron chi connectivity index (χ2n) is 5.45. The van der Waals surface area contributed by atoms with Gasteiger partial charge in [0.05, 0.1) is 12.4 Å². The Morgan fingerprint density at radius 3 is 2.29 bits per heavy atom. The van der Waals surface area contributed by atoms with Crippen molar-refractivity contribution >= 4 is 29.0 Å². The minimum atomic E-state index is -0.233. The fourth-order valence-corrected chi connectivity index (χ4v) is 1.90. The molecule has 2 aromatic rings. The summed E-state index contributed by atoms with van der Waals surface area (Å²) in [5, 5.41) is 8.62. The number of carbonyl (C=O) groups is 2. The third-order valence-electron chi connectivity index (χ3n) is 3.35. The van der Waals surface area contributed by atoms with E-state index in [1.165, 1.54) is 19.3 Å². The maximum Gasteiger partial charge on any atom is 0.271 e. The molecular weight excluding hydrogens is 306 g/mol. The summed E-state index contributed by atoms with van der Waals surface area (Å²) in [6.07, 6.45) is 3.80. The Morgan fingerprint density at radius 2 is 1.75 bits per heavy atom. The van der Waals surface area contributed by atoms with Gasteiger partial charge < -0.3 is 16.0 Å². The maximum absolute atomic E-state index is 11.9. The van der Waals surface area contributed by atoms with Gasteiger partial charge in [-0.2, -0.15) is 0 Å². The van der Waals surface area contributed by atoms with Crippen LogP contribution in [0, 0.1) is 0 Å². The van der Waals surface area contributed by atoms with E-state index in [-0.39, 0.29) is 23.6 Å². The van der Waals surface area contributed by atoms with Crippen molar-refractivity contribution in [3.05, 3.63) is 42.4 Å². The molecule has 0 aliphatic carbocycles. The quantitative estimate of drug-likeness (QED) is 0.758. The number of amides is 2. The van der Waals surface area contributed by atoms with E-state index in [0.29, 0.717) is 5.82 Å². The number of nitrogens with zero attached hydrogens (tertiary/aromatic N) is 2.